The number of nitrogens with one attached hydrogen (secondary N) is 2. The Morgan fingerprint density at radius 3 is 2.62 bits per heavy atom. The number of hydrogen-bond acceptors (Lipinski definition) is 2. The number of H-pyrrole nitrogens is 1. The lowest BCUT2D eigenvalue weighted by molar-refractivity contribution is -0.139. The predicted molar refractivity (Wildman–Crippen MR) is 94.1 cm³/mol. The van der Waals surface area contributed by atoms with E-state index in [4.69, 9.17) is 0 Å². The molecule has 122 valence electrons. The lowest BCUT2D eigenvalue weighted by Crippen LogP contribution is -2.44. The highest BCUT2D eigenvalue weighted by Gasteiger charge is 2.32. The second-order valence-corrected chi connectivity index (χ2v) is 6.40. The first-order valence-electron chi connectivity index (χ1n) is 8.34. The van der Waals surface area contributed by atoms with Crippen molar-refractivity contribution in [3.63, 3.8) is 0 Å². The Kier molecular flexibility index (Phi) is 3.82. The SMILES string of the molecule is O=C(O)[C@@H]1Cc2c([nH]c3ccccc23)[C@H](CCc2ccccc2)N1. The van der Waals surface area contributed by atoms with Crippen LogP contribution in [0.15, 0.2) is 54.6 Å². The van der Waals surface area contributed by atoms with Gasteiger partial charge in [-0.2, -0.15) is 0 Å². The molecule has 1 aliphatic heterocycles. The molecule has 0 spiro atoms. The van der Waals surface area contributed by atoms with Crippen LogP contribution in [0.5, 0.6) is 0 Å². The average Bonchev–Trinajstić information content (AvgIpc) is 2.99. The standard InChI is InChI=1S/C20H20N2O2/c23-20(24)18-12-15-14-8-4-5-9-16(14)22-19(15)17(21-18)11-10-13-6-2-1-3-7-13/h1-9,17-18,21-22H,10-12H2,(H,23,24)/t17-,18-/m0/s1. The van der Waals surface area contributed by atoms with Crippen LogP contribution in [0.2, 0.25) is 0 Å². The first-order valence-corrected chi connectivity index (χ1v) is 8.34. The van der Waals surface area contributed by atoms with E-state index in [1.165, 1.54) is 5.56 Å². The first kappa shape index (κ1) is 15.0. The van der Waals surface area contributed by atoms with E-state index in [2.05, 4.69) is 34.6 Å². The lowest BCUT2D eigenvalue weighted by Gasteiger charge is -2.29. The van der Waals surface area contributed by atoms with Gasteiger partial charge in [0.25, 0.3) is 0 Å². The van der Waals surface area contributed by atoms with Gasteiger partial charge in [0.2, 0.25) is 0 Å². The topological polar surface area (TPSA) is 65.1 Å². The van der Waals surface area contributed by atoms with Gasteiger partial charge in [-0.15, -0.1) is 0 Å². The minimum atomic E-state index is -0.782. The summed E-state index contributed by atoms with van der Waals surface area (Å²) in [6.07, 6.45) is 2.31. The van der Waals surface area contributed by atoms with Crippen molar-refractivity contribution < 1.29 is 9.90 Å². The highest BCUT2D eigenvalue weighted by Crippen LogP contribution is 2.33. The third kappa shape index (κ3) is 2.69. The van der Waals surface area contributed by atoms with Gasteiger partial charge in [0.15, 0.2) is 0 Å². The number of hydrogen-bond donors (Lipinski definition) is 3. The van der Waals surface area contributed by atoms with Crippen molar-refractivity contribution in [3.8, 4) is 0 Å². The normalized spacial score (nSPS) is 20.0. The molecule has 1 aliphatic rings. The van der Waals surface area contributed by atoms with Crippen molar-refractivity contribution in [3.05, 3.63) is 71.4 Å². The second kappa shape index (κ2) is 6.13. The summed E-state index contributed by atoms with van der Waals surface area (Å²) in [4.78, 5) is 15.1. The molecule has 4 rings (SSSR count). The second-order valence-electron chi connectivity index (χ2n) is 6.40. The molecule has 0 aliphatic carbocycles. The van der Waals surface area contributed by atoms with Gasteiger partial charge in [0.1, 0.15) is 6.04 Å². The first-order chi connectivity index (χ1) is 11.7. The van der Waals surface area contributed by atoms with E-state index in [0.29, 0.717) is 6.42 Å². The number of fused-ring (bicyclic) bond motifs is 3. The van der Waals surface area contributed by atoms with E-state index in [-0.39, 0.29) is 6.04 Å². The molecular formula is C20H20N2O2. The van der Waals surface area contributed by atoms with Gasteiger partial charge in [0.05, 0.1) is 0 Å². The monoisotopic (exact) mass is 320 g/mol. The van der Waals surface area contributed by atoms with Crippen LogP contribution < -0.4 is 5.32 Å². The summed E-state index contributed by atoms with van der Waals surface area (Å²) >= 11 is 0. The molecule has 0 amide bonds. The van der Waals surface area contributed by atoms with E-state index in [1.54, 1.807) is 0 Å². The number of carboxylic acid groups (broad SMARTS) is 1. The molecule has 1 aromatic heterocycles. The van der Waals surface area contributed by atoms with Crippen LogP contribution in [0.25, 0.3) is 10.9 Å². The van der Waals surface area contributed by atoms with Crippen molar-refractivity contribution in [1.29, 1.82) is 0 Å². The molecule has 4 nitrogen and oxygen atoms in total. The van der Waals surface area contributed by atoms with Crippen molar-refractivity contribution in [2.75, 3.05) is 0 Å². The van der Waals surface area contributed by atoms with Gasteiger partial charge in [-0.3, -0.25) is 10.1 Å². The molecule has 3 N–H and O–H groups in total. The Morgan fingerprint density at radius 1 is 1.08 bits per heavy atom. The summed E-state index contributed by atoms with van der Waals surface area (Å²) in [7, 11) is 0. The fourth-order valence-corrected chi connectivity index (χ4v) is 3.67. The molecule has 0 fully saturated rings. The van der Waals surface area contributed by atoms with Crippen molar-refractivity contribution >= 4 is 16.9 Å². The van der Waals surface area contributed by atoms with Gasteiger partial charge in [-0.05, 0) is 30.0 Å². The average molecular weight is 320 g/mol. The molecular weight excluding hydrogens is 300 g/mol. The van der Waals surface area contributed by atoms with Crippen LogP contribution in [0.4, 0.5) is 0 Å². The summed E-state index contributed by atoms with van der Waals surface area (Å²) in [6.45, 7) is 0. The van der Waals surface area contributed by atoms with E-state index < -0.39 is 12.0 Å². The number of para-hydroxylation sites is 1. The maximum absolute atomic E-state index is 11.6. The van der Waals surface area contributed by atoms with Crippen LogP contribution in [0, 0.1) is 0 Å². The number of rotatable bonds is 4. The van der Waals surface area contributed by atoms with Gasteiger partial charge < -0.3 is 10.1 Å². The maximum atomic E-state index is 11.6. The number of carbonyl (C=O) groups is 1. The number of aromatic amines is 1. The highest BCUT2D eigenvalue weighted by atomic mass is 16.4. The Morgan fingerprint density at radius 2 is 1.83 bits per heavy atom. The van der Waals surface area contributed by atoms with Crippen molar-refractivity contribution in [1.82, 2.24) is 10.3 Å². The number of aromatic nitrogens is 1. The fourth-order valence-electron chi connectivity index (χ4n) is 3.67. The van der Waals surface area contributed by atoms with E-state index in [0.717, 1.165) is 35.0 Å². The minimum absolute atomic E-state index is 0.0301. The zero-order valence-corrected chi connectivity index (χ0v) is 13.3. The molecule has 0 bridgehead atoms. The Hall–Kier alpha value is -2.59. The number of carboxylic acids is 1. The van der Waals surface area contributed by atoms with E-state index in [1.807, 2.05) is 30.3 Å². The van der Waals surface area contributed by atoms with Gasteiger partial charge in [-0.25, -0.2) is 0 Å². The lowest BCUT2D eigenvalue weighted by atomic mass is 9.91. The third-order valence-corrected chi connectivity index (χ3v) is 4.87. The summed E-state index contributed by atoms with van der Waals surface area (Å²) in [5.74, 6) is -0.782. The fraction of sp³-hybridized carbons (Fsp3) is 0.250. The van der Waals surface area contributed by atoms with E-state index in [9.17, 15) is 9.90 Å². The van der Waals surface area contributed by atoms with E-state index >= 15 is 0 Å². The maximum Gasteiger partial charge on any atom is 0.321 e. The Bertz CT molecular complexity index is 870. The van der Waals surface area contributed by atoms with Gasteiger partial charge in [0, 0.05) is 29.1 Å². The predicted octanol–water partition coefficient (Wildman–Crippen LogP) is 3.44. The molecule has 24 heavy (non-hydrogen) atoms. The Balaban J connectivity index is 1.67. The molecule has 2 atom stereocenters. The van der Waals surface area contributed by atoms with Crippen molar-refractivity contribution in [2.45, 2.75) is 31.3 Å². The smallest absolute Gasteiger partial charge is 0.321 e. The molecule has 0 saturated carbocycles. The van der Waals surface area contributed by atoms with Gasteiger partial charge in [-0.1, -0.05) is 48.5 Å². The van der Waals surface area contributed by atoms with Crippen LogP contribution >= 0.6 is 0 Å². The quantitative estimate of drug-likeness (QED) is 0.690. The molecule has 2 heterocycles. The molecule has 0 radical (unpaired) electrons. The van der Waals surface area contributed by atoms with Gasteiger partial charge >= 0.3 is 5.97 Å². The molecule has 4 heteroatoms. The largest absolute Gasteiger partial charge is 0.480 e. The zero-order chi connectivity index (χ0) is 16.5. The number of aliphatic carboxylic acids is 1. The summed E-state index contributed by atoms with van der Waals surface area (Å²) < 4.78 is 0. The molecule has 0 unspecified atom stereocenters. The summed E-state index contributed by atoms with van der Waals surface area (Å²) in [6, 6.07) is 18.0. The molecule has 3 aromatic rings. The highest BCUT2D eigenvalue weighted by molar-refractivity contribution is 5.86. The molecule has 0 saturated heterocycles. The van der Waals surface area contributed by atoms with Crippen LogP contribution in [-0.4, -0.2) is 22.1 Å². The molecule has 2 aromatic carbocycles. The number of benzene rings is 2. The summed E-state index contributed by atoms with van der Waals surface area (Å²) in [5.41, 5.74) is 4.65. The van der Waals surface area contributed by atoms with Crippen LogP contribution in [0.1, 0.15) is 29.3 Å². The number of aryl methyl sites for hydroxylation is 1. The Labute approximate surface area is 140 Å². The third-order valence-electron chi connectivity index (χ3n) is 4.87. The van der Waals surface area contributed by atoms with Crippen LogP contribution in [-0.2, 0) is 17.6 Å². The zero-order valence-electron chi connectivity index (χ0n) is 13.3. The van der Waals surface area contributed by atoms with Crippen molar-refractivity contribution in [2.24, 2.45) is 0 Å². The summed E-state index contributed by atoms with van der Waals surface area (Å²) in [5, 5.41) is 14.0. The van der Waals surface area contributed by atoms with Crippen LogP contribution in [0.3, 0.4) is 0 Å². The minimum Gasteiger partial charge on any atom is -0.480 e.